The van der Waals surface area contributed by atoms with E-state index in [1.54, 1.807) is 23.1 Å². The number of rotatable bonds is 2. The fraction of sp³-hybridized carbons (Fsp3) is 0.348. The normalized spacial score (nSPS) is 24.1. The summed E-state index contributed by atoms with van der Waals surface area (Å²) in [5.41, 5.74) is 2.48. The van der Waals surface area contributed by atoms with Crippen molar-refractivity contribution in [1.82, 2.24) is 0 Å². The summed E-state index contributed by atoms with van der Waals surface area (Å²) in [4.78, 5) is 41.5. The highest BCUT2D eigenvalue weighted by Crippen LogP contribution is 2.40. The van der Waals surface area contributed by atoms with Crippen LogP contribution < -0.4 is 10.2 Å². The fourth-order valence-corrected chi connectivity index (χ4v) is 4.87. The molecule has 0 saturated heterocycles. The van der Waals surface area contributed by atoms with E-state index in [1.165, 1.54) is 0 Å². The van der Waals surface area contributed by atoms with Crippen molar-refractivity contribution in [2.24, 2.45) is 5.92 Å². The maximum absolute atomic E-state index is 13.5. The Labute approximate surface area is 163 Å². The van der Waals surface area contributed by atoms with E-state index in [1.807, 2.05) is 30.3 Å². The van der Waals surface area contributed by atoms with E-state index in [0.717, 1.165) is 37.8 Å². The van der Waals surface area contributed by atoms with Gasteiger partial charge in [0.2, 0.25) is 5.91 Å². The van der Waals surface area contributed by atoms with Crippen LogP contribution in [-0.4, -0.2) is 29.6 Å². The third-order valence-electron chi connectivity index (χ3n) is 6.27. The first-order chi connectivity index (χ1) is 13.7. The smallest absolute Gasteiger partial charge is 0.230 e. The average molecular weight is 374 g/mol. The number of amides is 1. The summed E-state index contributed by atoms with van der Waals surface area (Å²) in [6, 6.07) is 12.9. The molecule has 2 aliphatic heterocycles. The van der Waals surface area contributed by atoms with Crippen molar-refractivity contribution in [3.8, 4) is 0 Å². The Hall–Kier alpha value is -2.95. The number of hydrogen-bond acceptors (Lipinski definition) is 4. The van der Waals surface area contributed by atoms with Crippen LogP contribution >= 0.6 is 0 Å². The first kappa shape index (κ1) is 17.2. The monoisotopic (exact) mass is 374 g/mol. The van der Waals surface area contributed by atoms with Gasteiger partial charge < -0.3 is 5.32 Å². The van der Waals surface area contributed by atoms with Crippen LogP contribution in [0.25, 0.3) is 0 Å². The lowest BCUT2D eigenvalue weighted by molar-refractivity contribution is -0.123. The number of carbonyl (C=O) groups excluding carboxylic acids is 3. The summed E-state index contributed by atoms with van der Waals surface area (Å²) in [6.07, 6.45) is 4.93. The van der Waals surface area contributed by atoms with Crippen LogP contribution in [0.15, 0.2) is 48.5 Å². The standard InChI is InChI=1S/C23H22N2O3/c26-21-15-10-4-6-12-17(15)24-19(21)20-22(27)16-11-5-7-13-18(16)25(20)23(28)14-8-2-1-3-9-14/h4-7,10-14,19-20,24H,1-3,8-9H2. The zero-order valence-corrected chi connectivity index (χ0v) is 15.6. The number of benzene rings is 2. The molecule has 0 bridgehead atoms. The van der Waals surface area contributed by atoms with Gasteiger partial charge in [0.25, 0.3) is 0 Å². The van der Waals surface area contributed by atoms with Gasteiger partial charge >= 0.3 is 0 Å². The second kappa shape index (κ2) is 6.59. The average Bonchev–Trinajstić information content (AvgIpc) is 3.23. The van der Waals surface area contributed by atoms with Crippen molar-refractivity contribution in [3.63, 3.8) is 0 Å². The Kier molecular flexibility index (Phi) is 4.04. The molecule has 2 aromatic rings. The summed E-state index contributed by atoms with van der Waals surface area (Å²) < 4.78 is 0. The van der Waals surface area contributed by atoms with E-state index < -0.39 is 12.1 Å². The van der Waals surface area contributed by atoms with Crippen molar-refractivity contribution >= 4 is 28.8 Å². The van der Waals surface area contributed by atoms with Gasteiger partial charge in [-0.3, -0.25) is 19.3 Å². The second-order valence-electron chi connectivity index (χ2n) is 7.90. The molecule has 5 rings (SSSR count). The van der Waals surface area contributed by atoms with E-state index in [4.69, 9.17) is 0 Å². The van der Waals surface area contributed by atoms with Crippen LogP contribution in [0.3, 0.4) is 0 Å². The number of fused-ring (bicyclic) bond motifs is 2. The molecule has 0 radical (unpaired) electrons. The number of anilines is 2. The summed E-state index contributed by atoms with van der Waals surface area (Å²) >= 11 is 0. The maximum Gasteiger partial charge on any atom is 0.230 e. The third kappa shape index (κ3) is 2.49. The highest BCUT2D eigenvalue weighted by atomic mass is 16.2. The first-order valence-electron chi connectivity index (χ1n) is 10.0. The summed E-state index contributed by atoms with van der Waals surface area (Å²) in [5.74, 6) is -0.371. The number of ketones is 2. The summed E-state index contributed by atoms with van der Waals surface area (Å²) in [5, 5.41) is 3.21. The molecule has 1 fully saturated rings. The molecule has 0 aromatic heterocycles. The number of hydrogen-bond donors (Lipinski definition) is 1. The van der Waals surface area contributed by atoms with Gasteiger partial charge in [-0.1, -0.05) is 43.5 Å². The van der Waals surface area contributed by atoms with E-state index in [9.17, 15) is 14.4 Å². The topological polar surface area (TPSA) is 66.5 Å². The van der Waals surface area contributed by atoms with Crippen molar-refractivity contribution < 1.29 is 14.4 Å². The highest BCUT2D eigenvalue weighted by molar-refractivity contribution is 6.23. The van der Waals surface area contributed by atoms with Gasteiger partial charge in [-0.15, -0.1) is 0 Å². The molecule has 2 aromatic carbocycles. The summed E-state index contributed by atoms with van der Waals surface area (Å²) in [7, 11) is 0. The van der Waals surface area contributed by atoms with Gasteiger partial charge in [-0.25, -0.2) is 0 Å². The van der Waals surface area contributed by atoms with Gasteiger partial charge in [0.05, 0.1) is 5.69 Å². The molecule has 2 heterocycles. The molecule has 28 heavy (non-hydrogen) atoms. The van der Waals surface area contributed by atoms with Crippen LogP contribution in [0.4, 0.5) is 11.4 Å². The van der Waals surface area contributed by atoms with E-state index in [-0.39, 0.29) is 23.4 Å². The molecule has 1 saturated carbocycles. The van der Waals surface area contributed by atoms with Crippen molar-refractivity contribution in [2.75, 3.05) is 10.2 Å². The molecule has 2 unspecified atom stereocenters. The van der Waals surface area contributed by atoms with E-state index >= 15 is 0 Å². The third-order valence-corrected chi connectivity index (χ3v) is 6.27. The molecule has 5 nitrogen and oxygen atoms in total. The summed E-state index contributed by atoms with van der Waals surface area (Å²) in [6.45, 7) is 0. The van der Waals surface area contributed by atoms with Gasteiger partial charge in [0.1, 0.15) is 12.1 Å². The molecular weight excluding hydrogens is 352 g/mol. The molecule has 1 N–H and O–H groups in total. The quantitative estimate of drug-likeness (QED) is 0.867. The molecular formula is C23H22N2O3. The molecule has 3 aliphatic rings. The second-order valence-corrected chi connectivity index (χ2v) is 7.90. The largest absolute Gasteiger partial charge is 0.372 e. The van der Waals surface area contributed by atoms with E-state index in [2.05, 4.69) is 5.32 Å². The van der Waals surface area contributed by atoms with Crippen molar-refractivity contribution in [1.29, 1.82) is 0 Å². The van der Waals surface area contributed by atoms with Gasteiger partial charge in [0, 0.05) is 22.7 Å². The Morgan fingerprint density at radius 1 is 0.857 bits per heavy atom. The zero-order chi connectivity index (χ0) is 19.3. The van der Waals surface area contributed by atoms with Crippen molar-refractivity contribution in [2.45, 2.75) is 44.2 Å². The number of nitrogens with one attached hydrogen (secondary N) is 1. The Bertz CT molecular complexity index is 977. The molecule has 1 amide bonds. The lowest BCUT2D eigenvalue weighted by Gasteiger charge is -2.32. The molecule has 0 spiro atoms. The van der Waals surface area contributed by atoms with Gasteiger partial charge in [0.15, 0.2) is 11.6 Å². The SMILES string of the molecule is O=C1c2ccccc2NC1C1C(=O)c2ccccc2N1C(=O)C1CCCCC1. The zero-order valence-electron chi connectivity index (χ0n) is 15.6. The molecule has 142 valence electrons. The molecule has 1 aliphatic carbocycles. The highest BCUT2D eigenvalue weighted by Gasteiger charge is 2.50. The van der Waals surface area contributed by atoms with Crippen LogP contribution in [0.1, 0.15) is 52.8 Å². The van der Waals surface area contributed by atoms with Crippen LogP contribution in [0.2, 0.25) is 0 Å². The predicted octanol–water partition coefficient (Wildman–Crippen LogP) is 3.84. The van der Waals surface area contributed by atoms with Crippen molar-refractivity contribution in [3.05, 3.63) is 59.7 Å². The lowest BCUT2D eigenvalue weighted by atomic mass is 9.87. The minimum Gasteiger partial charge on any atom is -0.372 e. The predicted molar refractivity (Wildman–Crippen MR) is 107 cm³/mol. The van der Waals surface area contributed by atoms with Crippen LogP contribution in [0.5, 0.6) is 0 Å². The fourth-order valence-electron chi connectivity index (χ4n) is 4.87. The van der Waals surface area contributed by atoms with Crippen LogP contribution in [0, 0.1) is 5.92 Å². The maximum atomic E-state index is 13.5. The van der Waals surface area contributed by atoms with Gasteiger partial charge in [-0.2, -0.15) is 0 Å². The Morgan fingerprint density at radius 2 is 1.54 bits per heavy atom. The number of nitrogens with zero attached hydrogens (tertiary/aromatic N) is 1. The molecule has 2 atom stereocenters. The van der Waals surface area contributed by atoms with E-state index in [0.29, 0.717) is 16.8 Å². The minimum atomic E-state index is -0.827. The first-order valence-corrected chi connectivity index (χ1v) is 10.0. The molecule has 5 heteroatoms. The lowest BCUT2D eigenvalue weighted by Crippen LogP contribution is -2.53. The number of Topliss-reactive ketones (excluding diaryl/α,β-unsaturated/α-hetero) is 2. The Balaban J connectivity index is 1.55. The Morgan fingerprint density at radius 3 is 2.29 bits per heavy atom. The number of carbonyl (C=O) groups is 3. The minimum absolute atomic E-state index is 0.0199. The van der Waals surface area contributed by atoms with Crippen LogP contribution in [-0.2, 0) is 4.79 Å². The number of para-hydroxylation sites is 2. The van der Waals surface area contributed by atoms with Gasteiger partial charge in [-0.05, 0) is 37.1 Å².